The molecule has 0 bridgehead atoms. The molecule has 4 nitrogen and oxygen atoms in total. The topological polar surface area (TPSA) is 52.6 Å². The van der Waals surface area contributed by atoms with Crippen LogP contribution in [0.15, 0.2) is 24.3 Å². The minimum absolute atomic E-state index is 0.0724. The minimum Gasteiger partial charge on any atom is -0.392 e. The standard InChI is InChI=1S/C13H16ClF3N2O2/c1-8(20)7-19(2)12(21)18-11(13(15,16)17)9-3-5-10(14)6-4-9/h3-6,8,11,20H,7H2,1-2H3,(H,18,21)/t8-,11-/m0/s1. The molecule has 2 amide bonds. The largest absolute Gasteiger partial charge is 0.412 e. The quantitative estimate of drug-likeness (QED) is 0.894. The molecule has 2 atom stereocenters. The third kappa shape index (κ3) is 5.43. The lowest BCUT2D eigenvalue weighted by Gasteiger charge is -2.26. The Balaban J connectivity index is 2.90. The second-order valence-electron chi connectivity index (χ2n) is 4.71. The Morgan fingerprint density at radius 1 is 1.38 bits per heavy atom. The molecule has 0 aliphatic carbocycles. The molecule has 1 aromatic carbocycles. The average molecular weight is 325 g/mol. The molecule has 21 heavy (non-hydrogen) atoms. The molecule has 0 aromatic heterocycles. The van der Waals surface area contributed by atoms with Crippen LogP contribution in [0.4, 0.5) is 18.0 Å². The number of nitrogens with one attached hydrogen (secondary N) is 1. The van der Waals surface area contributed by atoms with Crippen LogP contribution in [-0.4, -0.2) is 41.9 Å². The molecule has 1 rings (SSSR count). The van der Waals surface area contributed by atoms with Crippen LogP contribution in [0.2, 0.25) is 5.02 Å². The molecule has 0 fully saturated rings. The van der Waals surface area contributed by atoms with Crippen LogP contribution in [0.5, 0.6) is 0 Å². The molecule has 118 valence electrons. The van der Waals surface area contributed by atoms with E-state index in [0.29, 0.717) is 5.02 Å². The van der Waals surface area contributed by atoms with Crippen LogP contribution < -0.4 is 5.32 Å². The number of aliphatic hydroxyl groups is 1. The lowest BCUT2D eigenvalue weighted by atomic mass is 10.1. The maximum atomic E-state index is 13.1. The van der Waals surface area contributed by atoms with Gasteiger partial charge in [0.25, 0.3) is 0 Å². The smallest absolute Gasteiger partial charge is 0.392 e. The highest BCUT2D eigenvalue weighted by Gasteiger charge is 2.42. The number of carbonyl (C=O) groups is 1. The van der Waals surface area contributed by atoms with E-state index in [1.165, 1.54) is 38.2 Å². The highest BCUT2D eigenvalue weighted by Crippen LogP contribution is 2.33. The predicted molar refractivity (Wildman–Crippen MR) is 73.1 cm³/mol. The van der Waals surface area contributed by atoms with Crippen LogP contribution in [0.1, 0.15) is 18.5 Å². The van der Waals surface area contributed by atoms with Crippen molar-refractivity contribution in [3.05, 3.63) is 34.9 Å². The highest BCUT2D eigenvalue weighted by atomic mass is 35.5. The summed E-state index contributed by atoms with van der Waals surface area (Å²) in [5.41, 5.74) is -0.120. The van der Waals surface area contributed by atoms with Crippen molar-refractivity contribution in [1.82, 2.24) is 10.2 Å². The summed E-state index contributed by atoms with van der Waals surface area (Å²) in [6.07, 6.45) is -5.48. The molecule has 0 unspecified atom stereocenters. The summed E-state index contributed by atoms with van der Waals surface area (Å²) in [6.45, 7) is 1.36. The number of urea groups is 1. The van der Waals surface area contributed by atoms with Crippen LogP contribution in [0.25, 0.3) is 0 Å². The number of rotatable bonds is 4. The maximum absolute atomic E-state index is 13.1. The molecule has 0 spiro atoms. The van der Waals surface area contributed by atoms with Gasteiger partial charge < -0.3 is 15.3 Å². The first-order chi connectivity index (χ1) is 9.61. The number of carbonyl (C=O) groups excluding carboxylic acids is 1. The van der Waals surface area contributed by atoms with Crippen molar-refractivity contribution in [1.29, 1.82) is 0 Å². The molecule has 1 aromatic rings. The van der Waals surface area contributed by atoms with E-state index < -0.39 is 24.4 Å². The number of aliphatic hydroxyl groups excluding tert-OH is 1. The van der Waals surface area contributed by atoms with Gasteiger partial charge in [0, 0.05) is 18.6 Å². The average Bonchev–Trinajstić information content (AvgIpc) is 2.34. The van der Waals surface area contributed by atoms with Crippen molar-refractivity contribution in [3.63, 3.8) is 0 Å². The Hall–Kier alpha value is -1.47. The molecule has 0 heterocycles. The number of hydrogen-bond acceptors (Lipinski definition) is 2. The minimum atomic E-state index is -4.64. The summed E-state index contributed by atoms with van der Waals surface area (Å²) in [5.74, 6) is 0. The number of nitrogens with zero attached hydrogens (tertiary/aromatic N) is 1. The maximum Gasteiger partial charge on any atom is 0.412 e. The fourth-order valence-corrected chi connectivity index (χ4v) is 1.85. The Morgan fingerprint density at radius 3 is 2.33 bits per heavy atom. The lowest BCUT2D eigenvalue weighted by molar-refractivity contribution is -0.155. The van der Waals surface area contributed by atoms with Gasteiger partial charge in [-0.25, -0.2) is 4.79 Å². The van der Waals surface area contributed by atoms with Gasteiger partial charge in [0.2, 0.25) is 0 Å². The van der Waals surface area contributed by atoms with Crippen LogP contribution in [0.3, 0.4) is 0 Å². The summed E-state index contributed by atoms with van der Waals surface area (Å²) >= 11 is 5.64. The van der Waals surface area contributed by atoms with Crippen molar-refractivity contribution in [2.45, 2.75) is 25.2 Å². The normalized spacial score (nSPS) is 14.4. The van der Waals surface area contributed by atoms with Gasteiger partial charge in [-0.05, 0) is 24.6 Å². The first kappa shape index (κ1) is 17.6. The molecule has 8 heteroatoms. The predicted octanol–water partition coefficient (Wildman–Crippen LogP) is 2.97. The first-order valence-corrected chi connectivity index (χ1v) is 6.51. The summed E-state index contributed by atoms with van der Waals surface area (Å²) in [5, 5.41) is 11.4. The van der Waals surface area contributed by atoms with Crippen LogP contribution in [-0.2, 0) is 0 Å². The Bertz CT molecular complexity index is 477. The summed E-state index contributed by atoms with van der Waals surface area (Å²) in [7, 11) is 1.30. The van der Waals surface area contributed by atoms with Crippen molar-refractivity contribution in [2.75, 3.05) is 13.6 Å². The Kier molecular flexibility index (Phi) is 5.86. The molecular formula is C13H16ClF3N2O2. The van der Waals surface area contributed by atoms with E-state index >= 15 is 0 Å². The zero-order valence-corrected chi connectivity index (χ0v) is 12.2. The van der Waals surface area contributed by atoms with Crippen LogP contribution in [0, 0.1) is 0 Å². The molecule has 0 aliphatic heterocycles. The summed E-state index contributed by atoms with van der Waals surface area (Å²) in [6, 6.07) is 1.99. The summed E-state index contributed by atoms with van der Waals surface area (Å²) in [4.78, 5) is 12.7. The van der Waals surface area contributed by atoms with E-state index in [0.717, 1.165) is 4.90 Å². The van der Waals surface area contributed by atoms with Crippen molar-refractivity contribution in [2.24, 2.45) is 0 Å². The van der Waals surface area contributed by atoms with E-state index in [1.807, 2.05) is 5.32 Å². The number of likely N-dealkylation sites (N-methyl/N-ethyl adjacent to an activating group) is 1. The number of alkyl halides is 3. The number of halogens is 4. The second-order valence-corrected chi connectivity index (χ2v) is 5.14. The van der Waals surface area contributed by atoms with E-state index in [1.54, 1.807) is 0 Å². The van der Waals surface area contributed by atoms with E-state index in [9.17, 15) is 18.0 Å². The molecule has 0 aliphatic rings. The third-order valence-corrected chi connectivity index (χ3v) is 2.94. The summed E-state index contributed by atoms with van der Waals surface area (Å²) < 4.78 is 39.2. The molecule has 0 saturated heterocycles. The third-order valence-electron chi connectivity index (χ3n) is 2.68. The lowest BCUT2D eigenvalue weighted by Crippen LogP contribution is -2.46. The van der Waals surface area contributed by atoms with Gasteiger partial charge in [-0.3, -0.25) is 0 Å². The number of benzene rings is 1. The fourth-order valence-electron chi connectivity index (χ4n) is 1.72. The number of hydrogen-bond donors (Lipinski definition) is 2. The van der Waals surface area contributed by atoms with Gasteiger partial charge in [0.15, 0.2) is 6.04 Å². The van der Waals surface area contributed by atoms with Crippen molar-refractivity contribution < 1.29 is 23.1 Å². The first-order valence-electron chi connectivity index (χ1n) is 6.13. The van der Waals surface area contributed by atoms with Crippen molar-refractivity contribution in [3.8, 4) is 0 Å². The molecule has 2 N–H and O–H groups in total. The van der Waals surface area contributed by atoms with Gasteiger partial charge in [-0.1, -0.05) is 23.7 Å². The van der Waals surface area contributed by atoms with Crippen molar-refractivity contribution >= 4 is 17.6 Å². The van der Waals surface area contributed by atoms with Gasteiger partial charge >= 0.3 is 12.2 Å². The fraction of sp³-hybridized carbons (Fsp3) is 0.462. The van der Waals surface area contributed by atoms with Gasteiger partial charge in [-0.2, -0.15) is 13.2 Å². The second kappa shape index (κ2) is 7.00. The van der Waals surface area contributed by atoms with Gasteiger partial charge in [-0.15, -0.1) is 0 Å². The Morgan fingerprint density at radius 2 is 1.90 bits per heavy atom. The molecular weight excluding hydrogens is 309 g/mol. The van der Waals surface area contributed by atoms with Crippen LogP contribution >= 0.6 is 11.6 Å². The SMILES string of the molecule is C[C@H](O)CN(C)C(=O)N[C@@H](c1ccc(Cl)cc1)C(F)(F)F. The van der Waals surface area contributed by atoms with E-state index in [2.05, 4.69) is 0 Å². The van der Waals surface area contributed by atoms with Gasteiger partial charge in [0.05, 0.1) is 6.10 Å². The van der Waals surface area contributed by atoms with E-state index in [4.69, 9.17) is 16.7 Å². The van der Waals surface area contributed by atoms with Gasteiger partial charge in [0.1, 0.15) is 0 Å². The monoisotopic (exact) mass is 324 g/mol. The molecule has 0 saturated carbocycles. The van der Waals surface area contributed by atoms with E-state index in [-0.39, 0.29) is 12.1 Å². The zero-order chi connectivity index (χ0) is 16.2. The molecule has 0 radical (unpaired) electrons. The zero-order valence-electron chi connectivity index (χ0n) is 11.5. The number of amides is 2. The Labute approximate surface area is 125 Å². The highest BCUT2D eigenvalue weighted by molar-refractivity contribution is 6.30.